The number of carbonyl (C=O) groups is 2. The largest absolute Gasteiger partial charge is 0.478 e. The van der Waals surface area contributed by atoms with Crippen molar-refractivity contribution in [3.05, 3.63) is 58.4 Å². The lowest BCUT2D eigenvalue weighted by Crippen LogP contribution is -2.31. The van der Waals surface area contributed by atoms with Gasteiger partial charge >= 0.3 is 5.97 Å². The minimum Gasteiger partial charge on any atom is -0.478 e. The number of rotatable bonds is 6. The number of carboxylic acid groups (broad SMARTS) is 1. The number of imidazole rings is 1. The number of carboxylic acids is 1. The molecule has 156 valence electrons. The number of carbonyl (C=O) groups excluding carboxylic acids is 1. The van der Waals surface area contributed by atoms with Crippen molar-refractivity contribution in [3.8, 4) is 0 Å². The van der Waals surface area contributed by atoms with Gasteiger partial charge in [0, 0.05) is 12.0 Å². The number of nitrogens with one attached hydrogen (secondary N) is 1. The van der Waals surface area contributed by atoms with Gasteiger partial charge in [-0.05, 0) is 18.6 Å². The third-order valence-electron chi connectivity index (χ3n) is 5.06. The Labute approximate surface area is 168 Å². The van der Waals surface area contributed by atoms with E-state index < -0.39 is 36.1 Å². The number of nitrogens with zero attached hydrogens (tertiary/aromatic N) is 3. The van der Waals surface area contributed by atoms with Crippen LogP contribution in [0, 0.1) is 0 Å². The number of aliphatic hydroxyl groups excluding tert-OH is 2. The first-order valence-corrected chi connectivity index (χ1v) is 9.15. The number of Topliss-reactive ketones (excluding diaryl/α,β-unsaturated/α-hetero) is 1. The van der Waals surface area contributed by atoms with Crippen LogP contribution in [0.1, 0.15) is 39.8 Å². The highest BCUT2D eigenvalue weighted by Crippen LogP contribution is 2.33. The first-order chi connectivity index (χ1) is 14.4. The van der Waals surface area contributed by atoms with E-state index >= 15 is 0 Å². The van der Waals surface area contributed by atoms with Crippen LogP contribution in [0.5, 0.6) is 0 Å². The molecule has 1 saturated heterocycles. The number of hydrogen-bond donors (Lipinski definition) is 4. The zero-order chi connectivity index (χ0) is 21.4. The standard InChI is InChI=1S/C19H18N4O7/c24-11(9-2-1-3-10(6-9)19(28)29)4-5-12-14(25)15(26)18(30-12)23-8-22-13-16(23)20-7-21-17(13)27/h1-3,6-8,12,14-15,18,25-26H,4-5H2,(H,28,29)(H,20,21,27)/t12-,14+,15+,18-/m1/s1. The molecule has 3 aromatic rings. The van der Waals surface area contributed by atoms with Crippen molar-refractivity contribution in [2.75, 3.05) is 0 Å². The quantitative estimate of drug-likeness (QED) is 0.409. The van der Waals surface area contributed by atoms with Gasteiger partial charge in [-0.25, -0.2) is 14.8 Å². The molecule has 4 N–H and O–H groups in total. The Hall–Kier alpha value is -3.41. The highest BCUT2D eigenvalue weighted by molar-refractivity contribution is 5.98. The topological polar surface area (TPSA) is 168 Å². The van der Waals surface area contributed by atoms with Gasteiger partial charge in [0.25, 0.3) is 5.56 Å². The summed E-state index contributed by atoms with van der Waals surface area (Å²) in [6.07, 6.45) is -1.91. The molecule has 1 aromatic carbocycles. The Morgan fingerprint density at radius 2 is 1.93 bits per heavy atom. The van der Waals surface area contributed by atoms with Gasteiger partial charge in [-0.1, -0.05) is 12.1 Å². The van der Waals surface area contributed by atoms with Crippen LogP contribution in [0.15, 0.2) is 41.7 Å². The number of fused-ring (bicyclic) bond motifs is 1. The molecule has 4 rings (SSSR count). The molecule has 0 unspecified atom stereocenters. The Morgan fingerprint density at radius 3 is 2.70 bits per heavy atom. The summed E-state index contributed by atoms with van der Waals surface area (Å²) in [5, 5.41) is 29.8. The lowest BCUT2D eigenvalue weighted by atomic mass is 10.00. The summed E-state index contributed by atoms with van der Waals surface area (Å²) in [6, 6.07) is 5.67. The summed E-state index contributed by atoms with van der Waals surface area (Å²) in [4.78, 5) is 45.7. The number of aromatic nitrogens is 4. The predicted molar refractivity (Wildman–Crippen MR) is 101 cm³/mol. The molecule has 1 fully saturated rings. The van der Waals surface area contributed by atoms with Crippen LogP contribution in [0.2, 0.25) is 0 Å². The third-order valence-corrected chi connectivity index (χ3v) is 5.06. The van der Waals surface area contributed by atoms with Crippen LogP contribution in [-0.2, 0) is 4.74 Å². The second-order valence-corrected chi connectivity index (χ2v) is 6.95. The Morgan fingerprint density at radius 1 is 1.17 bits per heavy atom. The normalized spacial score (nSPS) is 23.7. The first-order valence-electron chi connectivity index (χ1n) is 9.15. The maximum atomic E-state index is 12.4. The number of aromatic amines is 1. The fourth-order valence-electron chi connectivity index (χ4n) is 3.49. The molecule has 2 aromatic heterocycles. The Balaban J connectivity index is 1.48. The number of aliphatic hydroxyl groups is 2. The molecule has 11 nitrogen and oxygen atoms in total. The van der Waals surface area contributed by atoms with Gasteiger partial charge in [0.2, 0.25) is 0 Å². The van der Waals surface area contributed by atoms with Crippen molar-refractivity contribution in [2.24, 2.45) is 0 Å². The van der Waals surface area contributed by atoms with Crippen molar-refractivity contribution in [1.82, 2.24) is 19.5 Å². The van der Waals surface area contributed by atoms with Crippen molar-refractivity contribution in [3.63, 3.8) is 0 Å². The van der Waals surface area contributed by atoms with Crippen LogP contribution in [0.3, 0.4) is 0 Å². The fraction of sp³-hybridized carbons (Fsp3) is 0.316. The second kappa shape index (κ2) is 7.78. The van der Waals surface area contributed by atoms with E-state index in [0.29, 0.717) is 0 Å². The zero-order valence-corrected chi connectivity index (χ0v) is 15.5. The van der Waals surface area contributed by atoms with E-state index in [1.165, 1.54) is 41.5 Å². The van der Waals surface area contributed by atoms with Crippen LogP contribution >= 0.6 is 0 Å². The lowest BCUT2D eigenvalue weighted by molar-refractivity contribution is -0.0369. The van der Waals surface area contributed by atoms with E-state index in [2.05, 4.69) is 15.0 Å². The molecule has 1 aliphatic rings. The minimum absolute atomic E-state index is 0.00274. The summed E-state index contributed by atoms with van der Waals surface area (Å²) in [6.45, 7) is 0. The van der Waals surface area contributed by atoms with Crippen molar-refractivity contribution < 1.29 is 29.6 Å². The van der Waals surface area contributed by atoms with Gasteiger partial charge in [0.15, 0.2) is 23.2 Å². The molecule has 0 radical (unpaired) electrons. The molecule has 0 spiro atoms. The summed E-state index contributed by atoms with van der Waals surface area (Å²) in [7, 11) is 0. The van der Waals surface area contributed by atoms with Crippen LogP contribution in [0.4, 0.5) is 0 Å². The first kappa shape index (κ1) is 19.9. The molecular weight excluding hydrogens is 396 g/mol. The number of benzene rings is 1. The molecule has 4 atom stereocenters. The molecule has 0 amide bonds. The van der Waals surface area contributed by atoms with E-state index in [1.54, 1.807) is 0 Å². The highest BCUT2D eigenvalue weighted by atomic mass is 16.6. The van der Waals surface area contributed by atoms with Gasteiger partial charge in [-0.2, -0.15) is 0 Å². The monoisotopic (exact) mass is 414 g/mol. The number of aromatic carboxylic acids is 1. The Kier molecular flexibility index (Phi) is 5.16. The van der Waals surface area contributed by atoms with Crippen molar-refractivity contribution >= 4 is 22.9 Å². The Bertz CT molecular complexity index is 1170. The van der Waals surface area contributed by atoms with Gasteiger partial charge in [-0.15, -0.1) is 0 Å². The molecule has 0 bridgehead atoms. The smallest absolute Gasteiger partial charge is 0.335 e. The molecule has 1 aliphatic heterocycles. The summed E-state index contributed by atoms with van der Waals surface area (Å²) in [5.74, 6) is -1.45. The van der Waals surface area contributed by atoms with Gasteiger partial charge < -0.3 is 25.0 Å². The van der Waals surface area contributed by atoms with Crippen LogP contribution < -0.4 is 5.56 Å². The number of ether oxygens (including phenoxy) is 1. The third kappa shape index (κ3) is 3.49. The van der Waals surface area contributed by atoms with E-state index in [0.717, 1.165) is 0 Å². The molecule has 0 saturated carbocycles. The minimum atomic E-state index is -1.32. The summed E-state index contributed by atoms with van der Waals surface area (Å²) in [5.41, 5.74) is 0.0564. The number of H-pyrrole nitrogens is 1. The van der Waals surface area contributed by atoms with Crippen LogP contribution in [-0.4, -0.2) is 64.9 Å². The van der Waals surface area contributed by atoms with Crippen molar-refractivity contribution in [1.29, 1.82) is 0 Å². The van der Waals surface area contributed by atoms with E-state index in [-0.39, 0.29) is 40.9 Å². The van der Waals surface area contributed by atoms with Gasteiger partial charge in [0.1, 0.15) is 12.2 Å². The molecule has 3 heterocycles. The van der Waals surface area contributed by atoms with E-state index in [1.807, 2.05) is 0 Å². The lowest BCUT2D eigenvalue weighted by Gasteiger charge is -2.16. The van der Waals surface area contributed by atoms with Crippen LogP contribution in [0.25, 0.3) is 11.2 Å². The predicted octanol–water partition coefficient (Wildman–Crippen LogP) is 0.100. The zero-order valence-electron chi connectivity index (χ0n) is 15.5. The summed E-state index contributed by atoms with van der Waals surface area (Å²) >= 11 is 0. The van der Waals surface area contributed by atoms with Gasteiger partial charge in [-0.3, -0.25) is 14.2 Å². The maximum absolute atomic E-state index is 12.4. The van der Waals surface area contributed by atoms with Gasteiger partial charge in [0.05, 0.1) is 24.3 Å². The highest BCUT2D eigenvalue weighted by Gasteiger charge is 2.44. The molecule has 0 aliphatic carbocycles. The maximum Gasteiger partial charge on any atom is 0.335 e. The SMILES string of the molecule is O=C(O)c1cccc(C(=O)CC[C@H]2O[C@@H](n3cnc4c(=O)[nH]cnc43)[C@@H](O)[C@H]2O)c1. The average Bonchev–Trinajstić information content (AvgIpc) is 3.29. The summed E-state index contributed by atoms with van der Waals surface area (Å²) < 4.78 is 7.11. The fourth-order valence-corrected chi connectivity index (χ4v) is 3.49. The molecular formula is C19H18N4O7. The van der Waals surface area contributed by atoms with E-state index in [9.17, 15) is 24.6 Å². The van der Waals surface area contributed by atoms with Crippen molar-refractivity contribution in [2.45, 2.75) is 37.4 Å². The number of hydrogen-bond acceptors (Lipinski definition) is 8. The molecule has 30 heavy (non-hydrogen) atoms. The number of ketones is 1. The second-order valence-electron chi connectivity index (χ2n) is 6.95. The average molecular weight is 414 g/mol. The molecule has 11 heteroatoms. The van der Waals surface area contributed by atoms with E-state index in [4.69, 9.17) is 9.84 Å².